The van der Waals surface area contributed by atoms with E-state index in [1.807, 2.05) is 34.0 Å². The average Bonchev–Trinajstić information content (AvgIpc) is 3.90. The van der Waals surface area contributed by atoms with Crippen LogP contribution in [0.2, 0.25) is 0 Å². The largest absolute Gasteiger partial charge is 0.311 e. The summed E-state index contributed by atoms with van der Waals surface area (Å²) in [6.45, 7) is 0. The number of para-hydroxylation sites is 4. The Labute approximate surface area is 322 Å². The quantitative estimate of drug-likeness (QED) is 0.138. The fourth-order valence-corrected chi connectivity index (χ4v) is 10.4. The third-order valence-corrected chi connectivity index (χ3v) is 12.8. The molecule has 53 heavy (non-hydrogen) atoms. The van der Waals surface area contributed by atoms with Crippen molar-refractivity contribution in [3.05, 3.63) is 203 Å². The van der Waals surface area contributed by atoms with E-state index in [9.17, 15) is 0 Å². The zero-order valence-electron chi connectivity index (χ0n) is 28.7. The topological polar surface area (TPSA) is 6.48 Å². The number of fused-ring (bicyclic) bond motifs is 3. The number of hydrogen-bond acceptors (Lipinski definition) is 5. The Hall–Kier alpha value is -5.98. The standard InChI is InChI=1S/C48H34N2S3/c1-5-13-37(14-6-1)49(38-15-7-2-8-16-38)41-27-21-35(22-28-41)25-31-43-33-45-47(51-43)48-46(53-45)34-44(52-48)32-26-36-23-29-42(30-24-36)50(39-17-9-3-10-18-39)40-19-11-4-12-20-40/h1-34H/b31-25+,32-26+. The highest BCUT2D eigenvalue weighted by Gasteiger charge is 2.14. The Bertz CT molecular complexity index is 2370. The Kier molecular flexibility index (Phi) is 9.27. The fourth-order valence-electron chi connectivity index (χ4n) is 6.56. The highest BCUT2D eigenvalue weighted by molar-refractivity contribution is 7.38. The molecule has 0 N–H and O–H groups in total. The van der Waals surface area contributed by atoms with Crippen molar-refractivity contribution in [2.75, 3.05) is 9.80 Å². The number of benzene rings is 6. The molecule has 0 radical (unpaired) electrons. The van der Waals surface area contributed by atoms with Gasteiger partial charge in [0.15, 0.2) is 0 Å². The van der Waals surface area contributed by atoms with Crippen LogP contribution in [0.5, 0.6) is 0 Å². The first-order valence-electron chi connectivity index (χ1n) is 17.6. The van der Waals surface area contributed by atoms with Crippen LogP contribution in [0.1, 0.15) is 20.9 Å². The summed E-state index contributed by atoms with van der Waals surface area (Å²) in [5.74, 6) is 0. The molecule has 0 aliphatic heterocycles. The van der Waals surface area contributed by atoms with Crippen LogP contribution in [0.4, 0.5) is 34.1 Å². The minimum Gasteiger partial charge on any atom is -0.311 e. The monoisotopic (exact) mass is 734 g/mol. The first-order chi connectivity index (χ1) is 26.2. The second-order valence-electron chi connectivity index (χ2n) is 12.6. The van der Waals surface area contributed by atoms with E-state index in [4.69, 9.17) is 0 Å². The van der Waals surface area contributed by atoms with Crippen LogP contribution in [0, 0.1) is 0 Å². The molecule has 9 aromatic rings. The summed E-state index contributed by atoms with van der Waals surface area (Å²) < 4.78 is 5.50. The number of thiophene rings is 3. The maximum Gasteiger partial charge on any atom is 0.0635 e. The molecule has 0 unspecified atom stereocenters. The van der Waals surface area contributed by atoms with Crippen LogP contribution in [0.15, 0.2) is 182 Å². The molecule has 0 spiro atoms. The second-order valence-corrected chi connectivity index (χ2v) is 15.9. The van der Waals surface area contributed by atoms with Crippen LogP contribution in [0.3, 0.4) is 0 Å². The van der Waals surface area contributed by atoms with E-state index < -0.39 is 0 Å². The van der Waals surface area contributed by atoms with Crippen LogP contribution >= 0.6 is 34.0 Å². The van der Waals surface area contributed by atoms with Gasteiger partial charge in [0.05, 0.1) is 9.40 Å². The first-order valence-corrected chi connectivity index (χ1v) is 20.0. The molecule has 0 aliphatic rings. The van der Waals surface area contributed by atoms with Gasteiger partial charge in [-0.15, -0.1) is 34.0 Å². The van der Waals surface area contributed by atoms with Gasteiger partial charge >= 0.3 is 0 Å². The molecule has 5 heteroatoms. The fraction of sp³-hybridized carbons (Fsp3) is 0. The summed E-state index contributed by atoms with van der Waals surface area (Å²) in [5.41, 5.74) is 9.20. The SMILES string of the molecule is C(=C\c1cc2sc3cc(/C=C/c4ccc(N(c5ccccc5)c5ccccc5)cc4)sc3c2s1)/c1ccc(N(c2ccccc2)c2ccccc2)cc1. The number of rotatable bonds is 10. The van der Waals surface area contributed by atoms with E-state index >= 15 is 0 Å². The molecule has 0 bridgehead atoms. The highest BCUT2D eigenvalue weighted by Crippen LogP contribution is 2.45. The van der Waals surface area contributed by atoms with Gasteiger partial charge in [-0.05, 0) is 108 Å². The van der Waals surface area contributed by atoms with Crippen LogP contribution in [-0.2, 0) is 0 Å². The minimum atomic E-state index is 1.14. The predicted molar refractivity (Wildman–Crippen MR) is 235 cm³/mol. The molecule has 2 nitrogen and oxygen atoms in total. The van der Waals surface area contributed by atoms with Crippen molar-refractivity contribution in [1.82, 2.24) is 0 Å². The molecule has 254 valence electrons. The van der Waals surface area contributed by atoms with Crippen LogP contribution in [0.25, 0.3) is 43.1 Å². The van der Waals surface area contributed by atoms with E-state index in [0.29, 0.717) is 0 Å². The Morgan fingerprint density at radius 3 is 0.925 bits per heavy atom. The Morgan fingerprint density at radius 2 is 0.604 bits per heavy atom. The van der Waals surface area contributed by atoms with Gasteiger partial charge in [0.25, 0.3) is 0 Å². The molecule has 3 aromatic heterocycles. The molecular weight excluding hydrogens is 701 g/mol. The highest BCUT2D eigenvalue weighted by atomic mass is 32.1. The third-order valence-electron chi connectivity index (χ3n) is 9.10. The smallest absolute Gasteiger partial charge is 0.0635 e. The summed E-state index contributed by atoms with van der Waals surface area (Å²) in [7, 11) is 0. The summed E-state index contributed by atoms with van der Waals surface area (Å²) in [5, 5.41) is 0. The molecule has 0 saturated carbocycles. The van der Waals surface area contributed by atoms with Crippen molar-refractivity contribution in [2.24, 2.45) is 0 Å². The maximum atomic E-state index is 2.33. The van der Waals surface area contributed by atoms with Crippen molar-refractivity contribution < 1.29 is 0 Å². The maximum absolute atomic E-state index is 2.33. The van der Waals surface area contributed by atoms with Gasteiger partial charge in [0.2, 0.25) is 0 Å². The lowest BCUT2D eigenvalue weighted by Gasteiger charge is -2.25. The zero-order chi connectivity index (χ0) is 35.4. The number of hydrogen-bond donors (Lipinski definition) is 0. The summed E-state index contributed by atoms with van der Waals surface area (Å²) in [6.07, 6.45) is 8.94. The first kappa shape index (κ1) is 32.9. The molecule has 3 heterocycles. The van der Waals surface area contributed by atoms with E-state index in [2.05, 4.69) is 216 Å². The molecule has 0 saturated heterocycles. The second kappa shape index (κ2) is 14.9. The van der Waals surface area contributed by atoms with Gasteiger partial charge in [-0.25, -0.2) is 0 Å². The Morgan fingerprint density at radius 1 is 0.302 bits per heavy atom. The lowest BCUT2D eigenvalue weighted by Crippen LogP contribution is -2.09. The summed E-state index contributed by atoms with van der Waals surface area (Å²) >= 11 is 5.65. The van der Waals surface area contributed by atoms with E-state index in [1.54, 1.807) is 0 Å². The minimum absolute atomic E-state index is 1.14. The molecule has 0 amide bonds. The summed E-state index contributed by atoms with van der Waals surface area (Å²) in [4.78, 5) is 7.13. The molecule has 0 aliphatic carbocycles. The van der Waals surface area contributed by atoms with Crippen molar-refractivity contribution in [2.45, 2.75) is 0 Å². The van der Waals surface area contributed by atoms with Gasteiger partial charge in [-0.1, -0.05) is 109 Å². The van der Waals surface area contributed by atoms with E-state index in [-0.39, 0.29) is 0 Å². The number of nitrogens with zero attached hydrogens (tertiary/aromatic N) is 2. The molecule has 6 aromatic carbocycles. The third kappa shape index (κ3) is 7.11. The van der Waals surface area contributed by atoms with E-state index in [0.717, 1.165) is 34.1 Å². The van der Waals surface area contributed by atoms with Gasteiger partial charge in [0, 0.05) is 53.3 Å². The Balaban J connectivity index is 0.907. The molecule has 0 fully saturated rings. The molecule has 0 atom stereocenters. The van der Waals surface area contributed by atoms with Crippen molar-refractivity contribution in [3.8, 4) is 0 Å². The van der Waals surface area contributed by atoms with Gasteiger partial charge in [-0.3, -0.25) is 0 Å². The zero-order valence-corrected chi connectivity index (χ0v) is 31.2. The predicted octanol–water partition coefficient (Wildman–Crippen LogP) is 15.5. The van der Waals surface area contributed by atoms with Gasteiger partial charge in [0.1, 0.15) is 0 Å². The number of anilines is 6. The van der Waals surface area contributed by atoms with Crippen LogP contribution < -0.4 is 9.80 Å². The van der Waals surface area contributed by atoms with Gasteiger partial charge in [-0.2, -0.15) is 0 Å². The van der Waals surface area contributed by atoms with Gasteiger partial charge < -0.3 is 9.80 Å². The van der Waals surface area contributed by atoms with Crippen molar-refractivity contribution in [1.29, 1.82) is 0 Å². The lowest BCUT2D eigenvalue weighted by atomic mass is 10.1. The molecular formula is C48H34N2S3. The summed E-state index contributed by atoms with van der Waals surface area (Å²) in [6, 6.07) is 64.4. The van der Waals surface area contributed by atoms with Crippen molar-refractivity contribution in [3.63, 3.8) is 0 Å². The van der Waals surface area contributed by atoms with Crippen molar-refractivity contribution >= 4 is 111 Å². The van der Waals surface area contributed by atoms with E-state index in [1.165, 1.54) is 39.7 Å². The van der Waals surface area contributed by atoms with Crippen LogP contribution in [-0.4, -0.2) is 0 Å². The normalized spacial score (nSPS) is 11.6. The molecule has 9 rings (SSSR count). The average molecular weight is 735 g/mol. The lowest BCUT2D eigenvalue weighted by molar-refractivity contribution is 1.28.